The Labute approximate surface area is 174 Å². The fraction of sp³-hybridized carbons (Fsp3) is 0.143. The number of rotatable bonds is 3. The molecule has 0 aliphatic carbocycles. The average Bonchev–Trinajstić information content (AvgIpc) is 2.74. The molecule has 1 aliphatic rings. The van der Waals surface area contributed by atoms with Crippen LogP contribution in [0.25, 0.3) is 0 Å². The summed E-state index contributed by atoms with van der Waals surface area (Å²) in [6.07, 6.45) is -4.40. The van der Waals surface area contributed by atoms with Crippen molar-refractivity contribution in [3.05, 3.63) is 89.5 Å². The summed E-state index contributed by atoms with van der Waals surface area (Å²) >= 11 is 0. The smallest absolute Gasteiger partial charge is 0.445 e. The van der Waals surface area contributed by atoms with Crippen LogP contribution in [0.15, 0.2) is 72.8 Å². The lowest BCUT2D eigenvalue weighted by Crippen LogP contribution is -2.61. The second-order valence-corrected chi connectivity index (χ2v) is 7.35. The molecule has 0 spiro atoms. The summed E-state index contributed by atoms with van der Waals surface area (Å²) in [6, 6.07) is 20.2. The van der Waals surface area contributed by atoms with E-state index in [1.165, 1.54) is 12.1 Å². The molecule has 0 N–H and O–H groups in total. The number of halogens is 3. The zero-order chi connectivity index (χ0) is 21.3. The number of benzene rings is 3. The molecule has 1 heterocycles. The van der Waals surface area contributed by atoms with Crippen LogP contribution in [0.2, 0.25) is 0 Å². The van der Waals surface area contributed by atoms with Crippen molar-refractivity contribution < 1.29 is 26.9 Å². The average molecular weight is 408 g/mol. The van der Waals surface area contributed by atoms with E-state index in [-0.39, 0.29) is 0 Å². The first-order valence-electron chi connectivity index (χ1n) is 9.56. The van der Waals surface area contributed by atoms with Gasteiger partial charge < -0.3 is 13.7 Å². The van der Waals surface area contributed by atoms with E-state index in [0.717, 1.165) is 34.2 Å². The largest absolute Gasteiger partial charge is 0.467 e. The zero-order valence-corrected chi connectivity index (χ0v) is 16.5. The second-order valence-electron chi connectivity index (χ2n) is 7.35. The normalized spacial score (nSPS) is 14.9. The van der Waals surface area contributed by atoms with E-state index in [1.54, 1.807) is 0 Å². The van der Waals surface area contributed by atoms with Gasteiger partial charge in [-0.25, -0.2) is 0 Å². The first kappa shape index (κ1) is 20.8. The monoisotopic (exact) mass is 408 g/mol. The molecule has 0 aromatic heterocycles. The molecule has 0 amide bonds. The van der Waals surface area contributed by atoms with Crippen LogP contribution in [-0.4, -0.2) is 21.4 Å². The molecule has 9 heteroatoms. The Balaban J connectivity index is 1.65. The van der Waals surface area contributed by atoms with Gasteiger partial charge in [0.15, 0.2) is 0 Å². The van der Waals surface area contributed by atoms with Crippen molar-refractivity contribution in [2.45, 2.75) is 20.0 Å². The van der Waals surface area contributed by atoms with E-state index < -0.39 is 33.1 Å². The second kappa shape index (κ2) is 8.34. The lowest BCUT2D eigenvalue weighted by Gasteiger charge is -2.31. The van der Waals surface area contributed by atoms with E-state index in [0.29, 0.717) is 5.46 Å². The van der Waals surface area contributed by atoms with Crippen LogP contribution in [0.5, 0.6) is 0 Å². The van der Waals surface area contributed by atoms with Crippen molar-refractivity contribution in [3.8, 4) is 0 Å². The van der Waals surface area contributed by atoms with E-state index in [2.05, 4.69) is 0 Å². The van der Waals surface area contributed by atoms with Gasteiger partial charge in [-0.3, -0.25) is 0 Å². The molecule has 30 heavy (non-hydrogen) atoms. The maximum atomic E-state index is 12.9. The Morgan fingerprint density at radius 3 is 1.13 bits per heavy atom. The van der Waals surface area contributed by atoms with Gasteiger partial charge in [0.2, 0.25) is 0 Å². The van der Waals surface area contributed by atoms with Crippen LogP contribution in [0.3, 0.4) is 0 Å². The van der Waals surface area contributed by atoms with Gasteiger partial charge in [0, 0.05) is 0 Å². The third kappa shape index (κ3) is 4.64. The Kier molecular flexibility index (Phi) is 5.78. The van der Waals surface area contributed by atoms with Gasteiger partial charge in [-0.2, -0.15) is 13.2 Å². The summed E-state index contributed by atoms with van der Waals surface area (Å²) in [6.45, 7) is 3.96. The summed E-state index contributed by atoms with van der Waals surface area (Å²) in [5, 5.41) is 0. The number of aryl methyl sites for hydroxylation is 2. The molecule has 1 saturated heterocycles. The molecule has 3 aromatic carbocycles. The summed E-state index contributed by atoms with van der Waals surface area (Å²) in [7, 11) is -2.32. The van der Waals surface area contributed by atoms with E-state index in [1.807, 2.05) is 62.4 Å². The molecule has 1 fully saturated rings. The van der Waals surface area contributed by atoms with Crippen molar-refractivity contribution in [2.24, 2.45) is 0 Å². The van der Waals surface area contributed by atoms with Crippen molar-refractivity contribution in [1.29, 1.82) is 0 Å². The fourth-order valence-corrected chi connectivity index (χ4v) is 3.18. The SMILES string of the molecule is Cc1ccc(B2OB(c3ccc(C)cc3)OB(c3ccc(C(F)(F)F)cc3)O2)cc1. The summed E-state index contributed by atoms with van der Waals surface area (Å²) < 4.78 is 56.7. The van der Waals surface area contributed by atoms with Crippen molar-refractivity contribution >= 4 is 37.7 Å². The minimum atomic E-state index is -4.40. The highest BCUT2D eigenvalue weighted by Gasteiger charge is 2.43. The highest BCUT2D eigenvalue weighted by Crippen LogP contribution is 2.28. The zero-order valence-electron chi connectivity index (χ0n) is 16.5. The van der Waals surface area contributed by atoms with Crippen LogP contribution in [0.1, 0.15) is 16.7 Å². The Morgan fingerprint density at radius 1 is 0.533 bits per heavy atom. The molecule has 0 unspecified atom stereocenters. The lowest BCUT2D eigenvalue weighted by atomic mass is 9.61. The Morgan fingerprint density at radius 2 is 0.833 bits per heavy atom. The van der Waals surface area contributed by atoms with Gasteiger partial charge in [-0.05, 0) is 30.2 Å². The number of hydrogen-bond donors (Lipinski definition) is 0. The fourth-order valence-electron chi connectivity index (χ4n) is 3.18. The molecule has 150 valence electrons. The summed E-state index contributed by atoms with van der Waals surface area (Å²) in [4.78, 5) is 0. The van der Waals surface area contributed by atoms with Gasteiger partial charge in [0.05, 0.1) is 5.56 Å². The molecule has 0 radical (unpaired) electrons. The standard InChI is InChI=1S/C21H18B3F3O3/c1-15-3-9-18(10-4-15)22-28-23(19-11-5-16(2)6-12-19)30-24(29-22)20-13-7-17(8-14-20)21(25,26)27/h3-14H,1-2H3. The summed E-state index contributed by atoms with van der Waals surface area (Å²) in [5.41, 5.74) is 3.57. The van der Waals surface area contributed by atoms with Gasteiger partial charge in [-0.15, -0.1) is 0 Å². The van der Waals surface area contributed by atoms with E-state index in [9.17, 15) is 13.2 Å². The number of hydrogen-bond acceptors (Lipinski definition) is 3. The number of alkyl halides is 3. The molecule has 0 bridgehead atoms. The summed E-state index contributed by atoms with van der Waals surface area (Å²) in [5.74, 6) is 0. The highest BCUT2D eigenvalue weighted by molar-refractivity contribution is 6.87. The Bertz CT molecular complexity index is 940. The van der Waals surface area contributed by atoms with Crippen molar-refractivity contribution in [3.63, 3.8) is 0 Å². The van der Waals surface area contributed by atoms with Crippen LogP contribution >= 0.6 is 0 Å². The molecule has 0 saturated carbocycles. The minimum Gasteiger partial charge on any atom is -0.445 e. The Hall–Kier alpha value is -2.48. The van der Waals surface area contributed by atoms with Crippen LogP contribution in [-0.2, 0) is 19.9 Å². The van der Waals surface area contributed by atoms with Crippen LogP contribution < -0.4 is 16.4 Å². The first-order valence-corrected chi connectivity index (χ1v) is 9.56. The van der Waals surface area contributed by atoms with Crippen molar-refractivity contribution in [1.82, 2.24) is 0 Å². The third-order valence-electron chi connectivity index (χ3n) is 4.95. The maximum Gasteiger partial charge on any atom is 0.467 e. The minimum absolute atomic E-state index is 0.487. The van der Waals surface area contributed by atoms with Crippen LogP contribution in [0, 0.1) is 13.8 Å². The van der Waals surface area contributed by atoms with Gasteiger partial charge >= 0.3 is 27.5 Å². The van der Waals surface area contributed by atoms with Gasteiger partial charge in [-0.1, -0.05) is 83.9 Å². The topological polar surface area (TPSA) is 27.7 Å². The van der Waals surface area contributed by atoms with Crippen molar-refractivity contribution in [2.75, 3.05) is 0 Å². The van der Waals surface area contributed by atoms with Gasteiger partial charge in [0.1, 0.15) is 0 Å². The first-order chi connectivity index (χ1) is 14.3. The maximum absolute atomic E-state index is 12.9. The predicted octanol–water partition coefficient (Wildman–Crippen LogP) is 2.87. The molecule has 3 nitrogen and oxygen atoms in total. The molecule has 3 aromatic rings. The molecule has 0 atom stereocenters. The molecular formula is C21H18B3F3O3. The van der Waals surface area contributed by atoms with Crippen LogP contribution in [0.4, 0.5) is 13.2 Å². The van der Waals surface area contributed by atoms with E-state index >= 15 is 0 Å². The molecule has 4 rings (SSSR count). The highest BCUT2D eigenvalue weighted by atomic mass is 19.4. The van der Waals surface area contributed by atoms with E-state index in [4.69, 9.17) is 13.7 Å². The quantitative estimate of drug-likeness (QED) is 0.625. The molecular weight excluding hydrogens is 390 g/mol. The van der Waals surface area contributed by atoms with Gasteiger partial charge in [0.25, 0.3) is 0 Å². The molecule has 1 aliphatic heterocycles. The lowest BCUT2D eigenvalue weighted by molar-refractivity contribution is -0.137. The predicted molar refractivity (Wildman–Crippen MR) is 113 cm³/mol. The third-order valence-corrected chi connectivity index (χ3v) is 4.95.